The Morgan fingerprint density at radius 2 is 1.58 bits per heavy atom. The molecule has 2 heterocycles. The molecule has 6 heteroatoms. The maximum atomic E-state index is 12.9. The van der Waals surface area contributed by atoms with Gasteiger partial charge in [0.05, 0.1) is 4.58 Å². The lowest BCUT2D eigenvalue weighted by Crippen LogP contribution is -2.32. The Morgan fingerprint density at radius 3 is 2.23 bits per heavy atom. The van der Waals surface area contributed by atoms with Crippen LogP contribution >= 0.6 is 35.9 Å². The molecule has 1 amide bonds. The monoisotopic (exact) mass is 406 g/mol. The molecule has 4 rings (SSSR count). The van der Waals surface area contributed by atoms with E-state index < -0.39 is 0 Å². The van der Waals surface area contributed by atoms with Crippen LogP contribution in [0.3, 0.4) is 0 Å². The third-order valence-electron chi connectivity index (χ3n) is 4.93. The number of nitrogens with two attached hydrogens (primary N) is 1. The molecule has 26 heavy (non-hydrogen) atoms. The molecule has 0 spiro atoms. The van der Waals surface area contributed by atoms with Crippen molar-refractivity contribution < 1.29 is 4.79 Å². The third-order valence-corrected chi connectivity index (χ3v) is 8.04. The number of hydrogen-bond donors (Lipinski definition) is 1. The van der Waals surface area contributed by atoms with E-state index in [0.29, 0.717) is 17.7 Å². The molecule has 0 aromatic heterocycles. The fourth-order valence-electron chi connectivity index (χ4n) is 3.56. The van der Waals surface area contributed by atoms with Crippen molar-refractivity contribution in [3.05, 3.63) is 71.3 Å². The number of halogens is 1. The zero-order chi connectivity index (χ0) is 17.2. The maximum Gasteiger partial charge on any atom is 0.253 e. The molecule has 2 fully saturated rings. The molecule has 3 nitrogen and oxygen atoms in total. The Labute approximate surface area is 169 Å². The summed E-state index contributed by atoms with van der Waals surface area (Å²) >= 11 is 3.97. The van der Waals surface area contributed by atoms with Crippen molar-refractivity contribution in [2.75, 3.05) is 24.6 Å². The van der Waals surface area contributed by atoms with Gasteiger partial charge in [-0.05, 0) is 23.3 Å². The van der Waals surface area contributed by atoms with Gasteiger partial charge in [-0.3, -0.25) is 4.79 Å². The van der Waals surface area contributed by atoms with Crippen LogP contribution in [0.25, 0.3) is 0 Å². The predicted octanol–water partition coefficient (Wildman–Crippen LogP) is 4.15. The van der Waals surface area contributed by atoms with Crippen molar-refractivity contribution in [2.24, 2.45) is 5.73 Å². The third kappa shape index (κ3) is 4.06. The summed E-state index contributed by atoms with van der Waals surface area (Å²) in [5, 5.41) is 0. The molecule has 2 atom stereocenters. The van der Waals surface area contributed by atoms with E-state index in [1.807, 2.05) is 58.8 Å². The second-order valence-corrected chi connectivity index (χ2v) is 9.31. The zero-order valence-electron chi connectivity index (χ0n) is 14.4. The molecule has 2 aliphatic rings. The first-order chi connectivity index (χ1) is 12.2. The Morgan fingerprint density at radius 1 is 0.923 bits per heavy atom. The van der Waals surface area contributed by atoms with Gasteiger partial charge in [0.2, 0.25) is 0 Å². The summed E-state index contributed by atoms with van der Waals surface area (Å²) in [5.41, 5.74) is 9.61. The van der Waals surface area contributed by atoms with E-state index in [0.717, 1.165) is 5.56 Å². The highest BCUT2D eigenvalue weighted by molar-refractivity contribution is 8.19. The topological polar surface area (TPSA) is 46.3 Å². The Balaban J connectivity index is 0.00000196. The molecule has 2 N–H and O–H groups in total. The summed E-state index contributed by atoms with van der Waals surface area (Å²) in [7, 11) is 0. The van der Waals surface area contributed by atoms with Gasteiger partial charge < -0.3 is 10.6 Å². The zero-order valence-corrected chi connectivity index (χ0v) is 16.9. The Bertz CT molecular complexity index is 735. The number of hydrogen-bond acceptors (Lipinski definition) is 4. The van der Waals surface area contributed by atoms with Crippen LogP contribution in [0.5, 0.6) is 0 Å². The van der Waals surface area contributed by atoms with E-state index in [2.05, 4.69) is 24.3 Å². The van der Waals surface area contributed by atoms with Gasteiger partial charge in [0, 0.05) is 42.1 Å². The van der Waals surface area contributed by atoms with Crippen LogP contribution in [-0.4, -0.2) is 41.4 Å². The number of carbonyl (C=O) groups excluding carboxylic acids is 1. The van der Waals surface area contributed by atoms with E-state index in [1.165, 1.54) is 22.6 Å². The van der Waals surface area contributed by atoms with Crippen LogP contribution in [-0.2, 0) is 0 Å². The van der Waals surface area contributed by atoms with Crippen molar-refractivity contribution in [2.45, 2.75) is 16.5 Å². The van der Waals surface area contributed by atoms with Crippen molar-refractivity contribution in [3.8, 4) is 0 Å². The van der Waals surface area contributed by atoms with E-state index in [4.69, 9.17) is 5.73 Å². The Kier molecular flexibility index (Phi) is 6.56. The molecule has 2 saturated heterocycles. The normalized spacial score (nSPS) is 23.0. The first kappa shape index (κ1) is 19.6. The summed E-state index contributed by atoms with van der Waals surface area (Å²) in [4.78, 5) is 14.8. The molecule has 0 unspecified atom stereocenters. The lowest BCUT2D eigenvalue weighted by Gasteiger charge is -2.17. The number of amides is 1. The number of carbonyl (C=O) groups is 1. The SMILES string of the molecule is Cl.N[C@@H]1CN(C(=O)c2ccc(C3SCCS3)cc2)C[C@H]1c1ccccc1. The van der Waals surface area contributed by atoms with Gasteiger partial charge in [0.25, 0.3) is 5.91 Å². The number of nitrogens with zero attached hydrogens (tertiary/aromatic N) is 1. The van der Waals surface area contributed by atoms with Gasteiger partial charge in [-0.2, -0.15) is 0 Å². The molecule has 2 aromatic rings. The number of benzene rings is 2. The molecular weight excluding hydrogens is 384 g/mol. The van der Waals surface area contributed by atoms with Gasteiger partial charge in [-0.15, -0.1) is 35.9 Å². The molecule has 0 radical (unpaired) electrons. The van der Waals surface area contributed by atoms with Crippen LogP contribution in [0.1, 0.15) is 32.0 Å². The number of rotatable bonds is 3. The highest BCUT2D eigenvalue weighted by Crippen LogP contribution is 2.45. The van der Waals surface area contributed by atoms with E-state index in [-0.39, 0.29) is 30.3 Å². The quantitative estimate of drug-likeness (QED) is 0.831. The summed E-state index contributed by atoms with van der Waals surface area (Å²) in [6.07, 6.45) is 0. The summed E-state index contributed by atoms with van der Waals surface area (Å²) in [5.74, 6) is 2.73. The second kappa shape index (κ2) is 8.70. The van der Waals surface area contributed by atoms with Gasteiger partial charge in [-0.25, -0.2) is 0 Å². The van der Waals surface area contributed by atoms with Crippen LogP contribution in [0.2, 0.25) is 0 Å². The molecule has 0 saturated carbocycles. The van der Waals surface area contributed by atoms with Gasteiger partial charge in [-0.1, -0.05) is 42.5 Å². The molecule has 2 aliphatic heterocycles. The van der Waals surface area contributed by atoms with Gasteiger partial charge >= 0.3 is 0 Å². The fraction of sp³-hybridized carbons (Fsp3) is 0.350. The maximum absolute atomic E-state index is 12.9. The van der Waals surface area contributed by atoms with Crippen molar-refractivity contribution in [3.63, 3.8) is 0 Å². The molecule has 138 valence electrons. The fourth-order valence-corrected chi connectivity index (χ4v) is 6.42. The van der Waals surface area contributed by atoms with E-state index in [1.54, 1.807) is 0 Å². The van der Waals surface area contributed by atoms with E-state index in [9.17, 15) is 4.79 Å². The average Bonchev–Trinajstić information content (AvgIpc) is 3.32. The van der Waals surface area contributed by atoms with Crippen LogP contribution < -0.4 is 5.73 Å². The largest absolute Gasteiger partial charge is 0.336 e. The summed E-state index contributed by atoms with van der Waals surface area (Å²) in [6, 6.07) is 18.4. The van der Waals surface area contributed by atoms with Crippen LogP contribution in [0, 0.1) is 0 Å². The van der Waals surface area contributed by atoms with Gasteiger partial charge in [0.15, 0.2) is 0 Å². The number of likely N-dealkylation sites (tertiary alicyclic amines) is 1. The minimum absolute atomic E-state index is 0. The van der Waals surface area contributed by atoms with Crippen molar-refractivity contribution >= 4 is 41.8 Å². The first-order valence-corrected chi connectivity index (χ1v) is 10.7. The Hall–Kier alpha value is -1.14. The summed E-state index contributed by atoms with van der Waals surface area (Å²) in [6.45, 7) is 1.31. The van der Waals surface area contributed by atoms with Gasteiger partial charge in [0.1, 0.15) is 0 Å². The minimum Gasteiger partial charge on any atom is -0.336 e. The van der Waals surface area contributed by atoms with E-state index >= 15 is 0 Å². The van der Waals surface area contributed by atoms with Crippen molar-refractivity contribution in [1.82, 2.24) is 4.90 Å². The lowest BCUT2D eigenvalue weighted by atomic mass is 9.95. The predicted molar refractivity (Wildman–Crippen MR) is 114 cm³/mol. The molecule has 0 aliphatic carbocycles. The van der Waals surface area contributed by atoms with Crippen LogP contribution in [0.4, 0.5) is 0 Å². The molecular formula is C20H23ClN2OS2. The van der Waals surface area contributed by atoms with Crippen molar-refractivity contribution in [1.29, 1.82) is 0 Å². The minimum atomic E-state index is -0.00286. The number of thioether (sulfide) groups is 2. The summed E-state index contributed by atoms with van der Waals surface area (Å²) < 4.78 is 0.520. The van der Waals surface area contributed by atoms with Crippen LogP contribution in [0.15, 0.2) is 54.6 Å². The standard InChI is InChI=1S/C20H22N2OS2.ClH/c21-18-13-22(12-17(18)14-4-2-1-3-5-14)19(23)15-6-8-16(9-7-15)20-24-10-11-25-20;/h1-9,17-18,20H,10-13,21H2;1H/t17-,18+;/m0./s1. The first-order valence-electron chi connectivity index (χ1n) is 8.65. The average molecular weight is 407 g/mol. The highest BCUT2D eigenvalue weighted by atomic mass is 35.5. The molecule has 0 bridgehead atoms. The smallest absolute Gasteiger partial charge is 0.253 e. The second-order valence-electron chi connectivity index (χ2n) is 6.59. The highest BCUT2D eigenvalue weighted by Gasteiger charge is 2.34. The molecule has 2 aromatic carbocycles. The lowest BCUT2D eigenvalue weighted by molar-refractivity contribution is 0.0789.